The second kappa shape index (κ2) is 12.1. The summed E-state index contributed by atoms with van der Waals surface area (Å²) in [6.45, 7) is 5.24. The molecule has 3 aromatic rings. The average Bonchev–Trinajstić information content (AvgIpc) is 3.46. The Morgan fingerprint density at radius 3 is 2.31 bits per heavy atom. The monoisotopic (exact) mass is 685 g/mol. The van der Waals surface area contributed by atoms with Crippen molar-refractivity contribution in [3.8, 4) is 5.75 Å². The number of allylic oxidation sites excluding steroid dienone is 2. The van der Waals surface area contributed by atoms with E-state index in [4.69, 9.17) is 16.3 Å². The Morgan fingerprint density at radius 2 is 1.63 bits per heavy atom. The number of aliphatic hydroxyl groups is 1. The van der Waals surface area contributed by atoms with Crippen LogP contribution in [0.15, 0.2) is 84.4 Å². The van der Waals surface area contributed by atoms with Gasteiger partial charge in [0.05, 0.1) is 35.5 Å². The summed E-state index contributed by atoms with van der Waals surface area (Å²) in [6, 6.07) is 19.4. The first-order valence-electron chi connectivity index (χ1n) is 16.5. The first kappa shape index (κ1) is 33.0. The van der Waals surface area contributed by atoms with Gasteiger partial charge in [-0.25, -0.2) is 4.39 Å². The number of ether oxygens (including phenoxy) is 1. The Bertz CT molecular complexity index is 1870. The van der Waals surface area contributed by atoms with Crippen LogP contribution in [0.3, 0.4) is 0 Å². The van der Waals surface area contributed by atoms with Crippen LogP contribution in [-0.4, -0.2) is 57.4 Å². The Hall–Kier alpha value is -4.54. The molecule has 0 aromatic heterocycles. The molecule has 0 bridgehead atoms. The number of likely N-dealkylation sites (tertiary alicyclic amines) is 1. The van der Waals surface area contributed by atoms with Gasteiger partial charge in [0.15, 0.2) is 0 Å². The summed E-state index contributed by atoms with van der Waals surface area (Å²) in [7, 11) is 0. The molecule has 6 atom stereocenters. The molecule has 0 radical (unpaired) electrons. The van der Waals surface area contributed by atoms with Gasteiger partial charge in [-0.15, -0.1) is 0 Å². The number of nitrogens with zero attached hydrogens (tertiary/aromatic N) is 2. The van der Waals surface area contributed by atoms with E-state index in [9.17, 15) is 23.9 Å². The van der Waals surface area contributed by atoms with Crippen molar-refractivity contribution in [2.24, 2.45) is 23.7 Å². The number of aliphatic hydroxyl groups excluding tert-OH is 1. The van der Waals surface area contributed by atoms with Crippen molar-refractivity contribution in [2.45, 2.75) is 50.5 Å². The summed E-state index contributed by atoms with van der Waals surface area (Å²) < 4.78 is 19.9. The van der Waals surface area contributed by atoms with Crippen molar-refractivity contribution in [1.82, 2.24) is 9.91 Å². The van der Waals surface area contributed by atoms with Crippen molar-refractivity contribution >= 4 is 40.9 Å². The highest BCUT2D eigenvalue weighted by atomic mass is 35.5. The minimum Gasteiger partial charge on any atom is -0.491 e. The molecule has 4 amide bonds. The lowest BCUT2D eigenvalue weighted by atomic mass is 9.49. The predicted molar refractivity (Wildman–Crippen MR) is 180 cm³/mol. The number of nitrogens with one attached hydrogen (secondary N) is 1. The van der Waals surface area contributed by atoms with Gasteiger partial charge in [-0.2, -0.15) is 5.01 Å². The summed E-state index contributed by atoms with van der Waals surface area (Å²) in [4.78, 5) is 59.4. The summed E-state index contributed by atoms with van der Waals surface area (Å²) in [6.07, 6.45) is 2.41. The molecule has 11 heteroatoms. The minimum absolute atomic E-state index is 0.00701. The van der Waals surface area contributed by atoms with Gasteiger partial charge < -0.3 is 9.84 Å². The predicted octanol–water partition coefficient (Wildman–Crippen LogP) is 5.63. The largest absolute Gasteiger partial charge is 0.491 e. The number of hydrogen-bond acceptors (Lipinski definition) is 7. The van der Waals surface area contributed by atoms with E-state index in [1.165, 1.54) is 29.2 Å². The number of imide groups is 2. The number of hydrazine groups is 1. The number of amides is 4. The number of fused-ring (bicyclic) bond motifs is 4. The van der Waals surface area contributed by atoms with Crippen LogP contribution < -0.4 is 10.2 Å². The van der Waals surface area contributed by atoms with Gasteiger partial charge in [-0.3, -0.25) is 29.5 Å². The highest BCUT2D eigenvalue weighted by Gasteiger charge is 2.71. The zero-order valence-electron chi connectivity index (χ0n) is 27.4. The highest BCUT2D eigenvalue weighted by molar-refractivity contribution is 6.30. The second-order valence-electron chi connectivity index (χ2n) is 14.2. The summed E-state index contributed by atoms with van der Waals surface area (Å²) >= 11 is 6.36. The molecule has 2 saturated heterocycles. The van der Waals surface area contributed by atoms with Gasteiger partial charge in [0.1, 0.15) is 18.2 Å². The average molecular weight is 686 g/mol. The number of benzene rings is 3. The number of carbonyl (C=O) groups is 4. The number of halogens is 2. The fraction of sp³-hybridized carbons (Fsp3) is 0.368. The SMILES string of the molecule is CC(C)(C)N1C(=O)C2CC=C3C(CC4C(=O)N(Nc5ccc(F)cc5)C(=O)C4(c4ccc(Cl)cc4)C3c3ccccc3OCCO)C2C1=O. The minimum atomic E-state index is -1.53. The molecule has 2 aliphatic carbocycles. The van der Waals surface area contributed by atoms with Crippen LogP contribution in [0.25, 0.3) is 0 Å². The van der Waals surface area contributed by atoms with Crippen molar-refractivity contribution in [2.75, 3.05) is 18.6 Å². The lowest BCUT2D eigenvalue weighted by Gasteiger charge is -2.50. The van der Waals surface area contributed by atoms with Crippen LogP contribution in [0.1, 0.15) is 50.7 Å². The summed E-state index contributed by atoms with van der Waals surface area (Å²) in [5.41, 5.74) is 2.96. The van der Waals surface area contributed by atoms with Crippen molar-refractivity contribution in [3.63, 3.8) is 0 Å². The topological polar surface area (TPSA) is 116 Å². The molecule has 3 aromatic carbocycles. The number of rotatable bonds is 7. The molecule has 2 heterocycles. The number of hydrogen-bond donors (Lipinski definition) is 2. The normalized spacial score (nSPS) is 27.9. The van der Waals surface area contributed by atoms with Gasteiger partial charge in [0.25, 0.3) is 11.8 Å². The van der Waals surface area contributed by atoms with Crippen LogP contribution in [0, 0.1) is 29.5 Å². The lowest BCUT2D eigenvalue weighted by Crippen LogP contribution is -2.53. The Morgan fingerprint density at radius 1 is 0.939 bits per heavy atom. The van der Waals surface area contributed by atoms with Crippen molar-refractivity contribution < 1.29 is 33.4 Å². The molecule has 6 unspecified atom stereocenters. The molecule has 1 saturated carbocycles. The van der Waals surface area contributed by atoms with E-state index in [0.29, 0.717) is 34.0 Å². The fourth-order valence-corrected chi connectivity index (χ4v) is 8.79. The zero-order valence-corrected chi connectivity index (χ0v) is 28.1. The van der Waals surface area contributed by atoms with E-state index >= 15 is 4.79 Å². The first-order valence-corrected chi connectivity index (χ1v) is 16.8. The highest BCUT2D eigenvalue weighted by Crippen LogP contribution is 2.65. The van der Waals surface area contributed by atoms with E-state index in [1.54, 1.807) is 36.4 Å². The summed E-state index contributed by atoms with van der Waals surface area (Å²) in [5.74, 6) is -5.22. The van der Waals surface area contributed by atoms with Crippen LogP contribution in [0.2, 0.25) is 5.02 Å². The fourth-order valence-electron chi connectivity index (χ4n) is 8.67. The molecule has 2 N–H and O–H groups in total. The molecular weight excluding hydrogens is 649 g/mol. The molecule has 9 nitrogen and oxygen atoms in total. The van der Waals surface area contributed by atoms with E-state index in [2.05, 4.69) is 5.43 Å². The third-order valence-electron chi connectivity index (χ3n) is 10.5. The smallest absolute Gasteiger partial charge is 0.260 e. The summed E-state index contributed by atoms with van der Waals surface area (Å²) in [5, 5.41) is 11.1. The first-order chi connectivity index (χ1) is 23.4. The Balaban J connectivity index is 1.47. The van der Waals surface area contributed by atoms with Gasteiger partial charge in [-0.1, -0.05) is 53.6 Å². The lowest BCUT2D eigenvalue weighted by molar-refractivity contribution is -0.146. The molecule has 2 aliphatic heterocycles. The van der Waals surface area contributed by atoms with Crippen LogP contribution in [-0.2, 0) is 24.6 Å². The van der Waals surface area contributed by atoms with Gasteiger partial charge in [0.2, 0.25) is 11.8 Å². The third kappa shape index (κ3) is 5.06. The van der Waals surface area contributed by atoms with Crippen LogP contribution >= 0.6 is 11.6 Å². The number of para-hydroxylation sites is 1. The van der Waals surface area contributed by atoms with Crippen molar-refractivity contribution in [1.29, 1.82) is 0 Å². The van der Waals surface area contributed by atoms with Gasteiger partial charge in [0, 0.05) is 22.0 Å². The standard InChI is InChI=1S/C38H37ClFN3O6/c1-37(2,3)42-33(45)27-17-16-25-28(31(27)35(42)47)20-29-34(46)43(41-24-14-12-23(40)13-15-24)36(48)38(29,21-8-10-22(39)11-9-21)32(25)26-6-4-5-7-30(26)49-19-18-44/h4-16,27-29,31-32,41,44H,17-20H2,1-3H3. The van der Waals surface area contributed by atoms with E-state index < -0.39 is 58.2 Å². The quantitative estimate of drug-likeness (QED) is 0.245. The number of anilines is 1. The van der Waals surface area contributed by atoms with Gasteiger partial charge >= 0.3 is 0 Å². The number of carbonyl (C=O) groups excluding carboxylic acids is 4. The molecule has 7 rings (SSSR count). The Labute approximate surface area is 288 Å². The van der Waals surface area contributed by atoms with E-state index in [-0.39, 0.29) is 31.4 Å². The van der Waals surface area contributed by atoms with Crippen molar-refractivity contribution in [3.05, 3.63) is 106 Å². The third-order valence-corrected chi connectivity index (χ3v) is 10.8. The maximum atomic E-state index is 15.2. The van der Waals surface area contributed by atoms with Crippen LogP contribution in [0.4, 0.5) is 10.1 Å². The molecule has 49 heavy (non-hydrogen) atoms. The van der Waals surface area contributed by atoms with E-state index in [1.807, 2.05) is 39.0 Å². The maximum absolute atomic E-state index is 15.2. The molecule has 254 valence electrons. The molecule has 0 spiro atoms. The van der Waals surface area contributed by atoms with Crippen LogP contribution in [0.5, 0.6) is 5.75 Å². The Kier molecular flexibility index (Phi) is 8.15. The molecular formula is C38H37ClFN3O6. The molecule has 3 fully saturated rings. The van der Waals surface area contributed by atoms with E-state index in [0.717, 1.165) is 10.6 Å². The zero-order chi connectivity index (χ0) is 34.8. The van der Waals surface area contributed by atoms with Gasteiger partial charge in [-0.05, 0) is 87.6 Å². The second-order valence-corrected chi connectivity index (χ2v) is 14.6. The maximum Gasteiger partial charge on any atom is 0.260 e. The molecule has 4 aliphatic rings.